The van der Waals surface area contributed by atoms with E-state index in [9.17, 15) is 9.59 Å². The van der Waals surface area contributed by atoms with Crippen molar-refractivity contribution in [2.75, 3.05) is 19.6 Å². The zero-order chi connectivity index (χ0) is 22.9. The lowest BCUT2D eigenvalue weighted by Gasteiger charge is -2.20. The molecule has 0 radical (unpaired) electrons. The Labute approximate surface area is 186 Å². The number of imidazole rings is 1. The monoisotopic (exact) mass is 424 g/mol. The van der Waals surface area contributed by atoms with Crippen LogP contribution < -0.4 is 5.32 Å². The number of nitrogens with one attached hydrogen (secondary N) is 1. The minimum Gasteiger partial charge on any atom is -0.356 e. The van der Waals surface area contributed by atoms with Gasteiger partial charge in [-0.15, -0.1) is 13.2 Å². The molecule has 0 saturated heterocycles. The summed E-state index contributed by atoms with van der Waals surface area (Å²) >= 11 is 0. The van der Waals surface area contributed by atoms with E-state index in [1.54, 1.807) is 17.1 Å². The molecule has 0 aliphatic heterocycles. The van der Waals surface area contributed by atoms with Gasteiger partial charge in [-0.3, -0.25) is 9.59 Å². The number of hydrogen-bond donors (Lipinski definition) is 1. The molecule has 1 aromatic heterocycles. The highest BCUT2D eigenvalue weighted by Crippen LogP contribution is 2.18. The van der Waals surface area contributed by atoms with E-state index in [2.05, 4.69) is 18.5 Å². The van der Waals surface area contributed by atoms with Crippen LogP contribution in [0.3, 0.4) is 0 Å². The third kappa shape index (κ3) is 7.09. The Bertz CT molecular complexity index is 898. The number of benzene rings is 1. The van der Waals surface area contributed by atoms with Gasteiger partial charge in [0.15, 0.2) is 0 Å². The van der Waals surface area contributed by atoms with E-state index in [-0.39, 0.29) is 23.8 Å². The molecule has 1 heterocycles. The number of rotatable bonds is 12. The first-order valence-electron chi connectivity index (χ1n) is 11.0. The predicted molar refractivity (Wildman–Crippen MR) is 127 cm³/mol. The van der Waals surface area contributed by atoms with Crippen molar-refractivity contribution in [2.24, 2.45) is 5.41 Å². The summed E-state index contributed by atoms with van der Waals surface area (Å²) in [7, 11) is 0. The largest absolute Gasteiger partial charge is 0.356 e. The highest BCUT2D eigenvalue weighted by atomic mass is 16.2. The number of aromatic nitrogens is 2. The molecular formula is C25H36N4O2. The van der Waals surface area contributed by atoms with Crippen LogP contribution in [0.5, 0.6) is 0 Å². The van der Waals surface area contributed by atoms with Gasteiger partial charge in [0, 0.05) is 31.5 Å². The first-order valence-corrected chi connectivity index (χ1v) is 11.0. The van der Waals surface area contributed by atoms with E-state index in [1.165, 1.54) is 0 Å². The molecule has 0 bridgehead atoms. The van der Waals surface area contributed by atoms with Crippen molar-refractivity contribution in [2.45, 2.75) is 53.0 Å². The van der Waals surface area contributed by atoms with Crippen molar-refractivity contribution in [3.63, 3.8) is 0 Å². The van der Waals surface area contributed by atoms with Gasteiger partial charge in [-0.2, -0.15) is 0 Å². The second kappa shape index (κ2) is 11.5. The van der Waals surface area contributed by atoms with Crippen molar-refractivity contribution in [1.29, 1.82) is 0 Å². The zero-order valence-electron chi connectivity index (χ0n) is 19.2. The highest BCUT2D eigenvalue weighted by molar-refractivity contribution is 5.82. The number of amides is 2. The first kappa shape index (κ1) is 24.4. The molecule has 6 nitrogen and oxygen atoms in total. The molecule has 168 valence electrons. The smallest absolute Gasteiger partial charge is 0.243 e. The van der Waals surface area contributed by atoms with E-state index < -0.39 is 0 Å². The summed E-state index contributed by atoms with van der Waals surface area (Å²) in [4.78, 5) is 31.3. The normalized spacial score (nSPS) is 11.3. The Kier molecular flexibility index (Phi) is 9.03. The third-order valence-electron chi connectivity index (χ3n) is 5.12. The van der Waals surface area contributed by atoms with Crippen LogP contribution in [0.4, 0.5) is 0 Å². The zero-order valence-corrected chi connectivity index (χ0v) is 19.2. The lowest BCUT2D eigenvalue weighted by atomic mass is 9.96. The molecule has 0 aliphatic carbocycles. The maximum Gasteiger partial charge on any atom is 0.243 e. The van der Waals surface area contributed by atoms with Gasteiger partial charge >= 0.3 is 0 Å². The number of carbonyl (C=O) groups is 2. The summed E-state index contributed by atoms with van der Waals surface area (Å²) in [6, 6.07) is 7.92. The molecule has 0 atom stereocenters. The second-order valence-corrected chi connectivity index (χ2v) is 8.80. The molecule has 0 aliphatic rings. The standard InChI is InChI=1S/C25H36N4O2/c1-6-17-28(18-7-2)23(30)19-29-21-14-11-10-13-20(21)27-22(29)15-9-8-12-16-26-24(31)25(3,4)5/h6-7,10-11,13-14H,1-2,8-9,12,15-19H2,3-5H3,(H,26,31). The van der Waals surface area contributed by atoms with Crippen molar-refractivity contribution in [3.8, 4) is 0 Å². The van der Waals surface area contributed by atoms with Crippen molar-refractivity contribution < 1.29 is 9.59 Å². The predicted octanol–water partition coefficient (Wildman–Crippen LogP) is 4.11. The average Bonchev–Trinajstić information content (AvgIpc) is 3.06. The summed E-state index contributed by atoms with van der Waals surface area (Å²) in [5, 5.41) is 2.99. The molecule has 0 fully saturated rings. The van der Waals surface area contributed by atoms with Gasteiger partial charge in [0.2, 0.25) is 11.8 Å². The molecule has 2 amide bonds. The van der Waals surface area contributed by atoms with Crippen LogP contribution in [0.1, 0.15) is 45.9 Å². The molecule has 1 N–H and O–H groups in total. The number of hydrogen-bond acceptors (Lipinski definition) is 3. The third-order valence-corrected chi connectivity index (χ3v) is 5.12. The van der Waals surface area contributed by atoms with Gasteiger partial charge in [-0.05, 0) is 25.0 Å². The molecule has 31 heavy (non-hydrogen) atoms. The van der Waals surface area contributed by atoms with Gasteiger partial charge in [-0.25, -0.2) is 4.98 Å². The number of nitrogens with zero attached hydrogens (tertiary/aromatic N) is 3. The van der Waals surface area contributed by atoms with Crippen molar-refractivity contribution in [1.82, 2.24) is 19.8 Å². The van der Waals surface area contributed by atoms with Gasteiger partial charge in [0.1, 0.15) is 12.4 Å². The number of unbranched alkanes of at least 4 members (excludes halogenated alkanes) is 2. The minimum atomic E-state index is -0.359. The summed E-state index contributed by atoms with van der Waals surface area (Å²) in [5.41, 5.74) is 1.52. The molecule has 0 unspecified atom stereocenters. The molecule has 0 spiro atoms. The van der Waals surface area contributed by atoms with Gasteiger partial charge in [-0.1, -0.05) is 51.5 Å². The van der Waals surface area contributed by atoms with Gasteiger partial charge in [0.25, 0.3) is 0 Å². The van der Waals surface area contributed by atoms with E-state index in [4.69, 9.17) is 4.98 Å². The average molecular weight is 425 g/mol. The van der Waals surface area contributed by atoms with Gasteiger partial charge in [0.05, 0.1) is 11.0 Å². The van der Waals surface area contributed by atoms with E-state index in [0.29, 0.717) is 19.6 Å². The van der Waals surface area contributed by atoms with Gasteiger partial charge < -0.3 is 14.8 Å². The van der Waals surface area contributed by atoms with E-state index in [0.717, 1.165) is 42.5 Å². The fraction of sp³-hybridized carbons (Fsp3) is 0.480. The van der Waals surface area contributed by atoms with E-state index >= 15 is 0 Å². The first-order chi connectivity index (χ1) is 14.8. The summed E-state index contributed by atoms with van der Waals surface area (Å²) in [6.07, 6.45) is 7.11. The minimum absolute atomic E-state index is 0.0223. The van der Waals surface area contributed by atoms with Crippen molar-refractivity contribution in [3.05, 3.63) is 55.4 Å². The van der Waals surface area contributed by atoms with Crippen LogP contribution in [0, 0.1) is 5.41 Å². The molecule has 0 saturated carbocycles. The lowest BCUT2D eigenvalue weighted by Crippen LogP contribution is -2.35. The maximum atomic E-state index is 12.9. The topological polar surface area (TPSA) is 67.2 Å². The van der Waals surface area contributed by atoms with E-state index in [1.807, 2.05) is 49.6 Å². The summed E-state index contributed by atoms with van der Waals surface area (Å²) < 4.78 is 2.03. The number of carbonyl (C=O) groups excluding carboxylic acids is 2. The Morgan fingerprint density at radius 3 is 2.42 bits per heavy atom. The molecule has 2 rings (SSSR count). The second-order valence-electron chi connectivity index (χ2n) is 8.80. The number of para-hydroxylation sites is 2. The number of fused-ring (bicyclic) bond motifs is 1. The number of aryl methyl sites for hydroxylation is 1. The molecule has 1 aromatic carbocycles. The van der Waals surface area contributed by atoms with Crippen LogP contribution >= 0.6 is 0 Å². The molecule has 2 aromatic rings. The Balaban J connectivity index is 2.00. The SMILES string of the molecule is C=CCN(CC=C)C(=O)Cn1c(CCCCCNC(=O)C(C)(C)C)nc2ccccc21. The molecule has 6 heteroatoms. The van der Waals surface area contributed by atoms with Crippen LogP contribution in [-0.2, 0) is 22.6 Å². The van der Waals surface area contributed by atoms with Crippen LogP contribution in [0.25, 0.3) is 11.0 Å². The highest BCUT2D eigenvalue weighted by Gasteiger charge is 2.20. The summed E-state index contributed by atoms with van der Waals surface area (Å²) in [6.45, 7) is 15.2. The van der Waals surface area contributed by atoms with Crippen LogP contribution in [0.15, 0.2) is 49.6 Å². The fourth-order valence-corrected chi connectivity index (χ4v) is 3.37. The molecular weight excluding hydrogens is 388 g/mol. The summed E-state index contributed by atoms with van der Waals surface area (Å²) in [5.74, 6) is 1.02. The maximum absolute atomic E-state index is 12.9. The quantitative estimate of drug-likeness (QED) is 0.412. The van der Waals surface area contributed by atoms with Crippen LogP contribution in [-0.4, -0.2) is 45.9 Å². The fourth-order valence-electron chi connectivity index (χ4n) is 3.37. The Hall–Kier alpha value is -2.89. The Morgan fingerprint density at radius 2 is 1.77 bits per heavy atom. The van der Waals surface area contributed by atoms with Crippen molar-refractivity contribution >= 4 is 22.8 Å². The Morgan fingerprint density at radius 1 is 1.10 bits per heavy atom. The lowest BCUT2D eigenvalue weighted by molar-refractivity contribution is -0.131. The van der Waals surface area contributed by atoms with Crippen LogP contribution in [0.2, 0.25) is 0 Å².